The van der Waals surface area contributed by atoms with Crippen molar-refractivity contribution in [2.75, 3.05) is 0 Å². The van der Waals surface area contributed by atoms with Crippen molar-refractivity contribution in [3.8, 4) is 0 Å². The van der Waals surface area contributed by atoms with E-state index in [9.17, 15) is 9.59 Å². The number of hydrogen-bond acceptors (Lipinski definition) is 3. The van der Waals surface area contributed by atoms with Gasteiger partial charge in [-0.05, 0) is 43.7 Å². The Hall–Kier alpha value is -2.37. The molecule has 120 valence electrons. The summed E-state index contributed by atoms with van der Waals surface area (Å²) in [6, 6.07) is 1.83. The Morgan fingerprint density at radius 2 is 2.17 bits per heavy atom. The Morgan fingerprint density at radius 1 is 1.30 bits per heavy atom. The number of H-pyrrole nitrogens is 1. The fourth-order valence-electron chi connectivity index (χ4n) is 3.59. The van der Waals surface area contributed by atoms with Gasteiger partial charge in [-0.1, -0.05) is 0 Å². The van der Waals surface area contributed by atoms with Crippen LogP contribution >= 0.6 is 0 Å². The van der Waals surface area contributed by atoms with Gasteiger partial charge >= 0.3 is 0 Å². The van der Waals surface area contributed by atoms with Crippen LogP contribution in [0.2, 0.25) is 0 Å². The highest BCUT2D eigenvalue weighted by molar-refractivity contribution is 5.94. The van der Waals surface area contributed by atoms with Crippen molar-refractivity contribution in [3.05, 3.63) is 51.5 Å². The molecule has 2 N–H and O–H groups in total. The van der Waals surface area contributed by atoms with Gasteiger partial charge in [-0.3, -0.25) is 9.59 Å². The standard InChI is InChI=1S/C17H20N4O2/c22-16(19-12-5-6-15-18-7-8-21(15)10-12)13-9-11-3-1-2-4-14(11)20-17(13)23/h7-9,12H,1-6,10H2,(H,19,22)(H,20,23)/t12-/m1/s1. The zero-order chi connectivity index (χ0) is 15.8. The van der Waals surface area contributed by atoms with Crippen LogP contribution in [-0.4, -0.2) is 26.5 Å². The van der Waals surface area contributed by atoms with E-state index in [0.717, 1.165) is 55.6 Å². The highest BCUT2D eigenvalue weighted by Crippen LogP contribution is 2.19. The van der Waals surface area contributed by atoms with E-state index in [1.54, 1.807) is 12.3 Å². The monoisotopic (exact) mass is 312 g/mol. The number of nitrogens with zero attached hydrogens (tertiary/aromatic N) is 2. The molecule has 4 rings (SSSR count). The second-order valence-electron chi connectivity index (χ2n) is 6.43. The van der Waals surface area contributed by atoms with Crippen molar-refractivity contribution in [3.63, 3.8) is 0 Å². The fraction of sp³-hybridized carbons (Fsp3) is 0.471. The lowest BCUT2D eigenvalue weighted by Crippen LogP contribution is -2.42. The number of hydrogen-bond donors (Lipinski definition) is 2. The van der Waals surface area contributed by atoms with Crippen LogP contribution in [0.3, 0.4) is 0 Å². The van der Waals surface area contributed by atoms with Crippen molar-refractivity contribution in [2.45, 2.75) is 51.1 Å². The van der Waals surface area contributed by atoms with Gasteiger partial charge in [0, 0.05) is 37.1 Å². The van der Waals surface area contributed by atoms with E-state index in [1.807, 2.05) is 6.20 Å². The molecule has 1 aliphatic heterocycles. The van der Waals surface area contributed by atoms with Crippen molar-refractivity contribution in [1.29, 1.82) is 0 Å². The Labute approximate surface area is 133 Å². The van der Waals surface area contributed by atoms with E-state index in [4.69, 9.17) is 0 Å². The largest absolute Gasteiger partial charge is 0.347 e. The average molecular weight is 312 g/mol. The maximum absolute atomic E-state index is 12.5. The predicted octanol–water partition coefficient (Wildman–Crippen LogP) is 1.19. The second kappa shape index (κ2) is 5.68. The van der Waals surface area contributed by atoms with Gasteiger partial charge in [0.2, 0.25) is 0 Å². The molecule has 1 atom stereocenters. The number of pyridine rings is 1. The molecule has 0 fully saturated rings. The minimum Gasteiger partial charge on any atom is -0.347 e. The molecular weight excluding hydrogens is 292 g/mol. The zero-order valence-electron chi connectivity index (χ0n) is 13.0. The molecule has 0 saturated carbocycles. The summed E-state index contributed by atoms with van der Waals surface area (Å²) in [6.07, 6.45) is 9.47. The maximum atomic E-state index is 12.5. The molecule has 23 heavy (non-hydrogen) atoms. The van der Waals surface area contributed by atoms with E-state index in [0.29, 0.717) is 6.54 Å². The fourth-order valence-corrected chi connectivity index (χ4v) is 3.59. The minimum absolute atomic E-state index is 0.0413. The molecule has 6 nitrogen and oxygen atoms in total. The van der Waals surface area contributed by atoms with Gasteiger partial charge in [-0.2, -0.15) is 0 Å². The quantitative estimate of drug-likeness (QED) is 0.874. The molecule has 0 radical (unpaired) electrons. The molecule has 6 heteroatoms. The summed E-state index contributed by atoms with van der Waals surface area (Å²) in [6.45, 7) is 0.712. The first-order chi connectivity index (χ1) is 11.2. The predicted molar refractivity (Wildman–Crippen MR) is 85.5 cm³/mol. The van der Waals surface area contributed by atoms with Gasteiger partial charge in [-0.25, -0.2) is 4.98 Å². The third-order valence-electron chi connectivity index (χ3n) is 4.85. The molecule has 2 aliphatic rings. The van der Waals surface area contributed by atoms with Crippen LogP contribution in [0.1, 0.15) is 46.7 Å². The summed E-state index contributed by atoms with van der Waals surface area (Å²) in [5.74, 6) is 0.787. The lowest BCUT2D eigenvalue weighted by Gasteiger charge is -2.25. The maximum Gasteiger partial charge on any atom is 0.261 e. The van der Waals surface area contributed by atoms with E-state index in [-0.39, 0.29) is 23.1 Å². The Kier molecular flexibility index (Phi) is 3.52. The van der Waals surface area contributed by atoms with Crippen LogP contribution in [-0.2, 0) is 25.8 Å². The number of aryl methyl sites for hydroxylation is 3. The van der Waals surface area contributed by atoms with Crippen molar-refractivity contribution >= 4 is 5.91 Å². The number of amides is 1. The number of imidazole rings is 1. The van der Waals surface area contributed by atoms with Crippen LogP contribution in [0.15, 0.2) is 23.3 Å². The number of carbonyl (C=O) groups excluding carboxylic acids is 1. The normalized spacial score (nSPS) is 19.7. The molecule has 2 aromatic rings. The molecule has 1 amide bonds. The topological polar surface area (TPSA) is 79.8 Å². The Bertz CT molecular complexity index is 805. The number of fused-ring (bicyclic) bond motifs is 2. The zero-order valence-corrected chi connectivity index (χ0v) is 13.0. The molecule has 2 aromatic heterocycles. The third-order valence-corrected chi connectivity index (χ3v) is 4.85. The van der Waals surface area contributed by atoms with Crippen LogP contribution in [0.5, 0.6) is 0 Å². The minimum atomic E-state index is -0.276. The van der Waals surface area contributed by atoms with Gasteiger partial charge in [0.15, 0.2) is 0 Å². The van der Waals surface area contributed by atoms with Crippen LogP contribution in [0.4, 0.5) is 0 Å². The van der Waals surface area contributed by atoms with Gasteiger partial charge in [-0.15, -0.1) is 0 Å². The number of nitrogens with one attached hydrogen (secondary N) is 2. The third kappa shape index (κ3) is 2.69. The summed E-state index contributed by atoms with van der Waals surface area (Å²) in [7, 11) is 0. The SMILES string of the molecule is O=C(N[C@@H]1CCc2nccn2C1)c1cc2c([nH]c1=O)CCCC2. The van der Waals surface area contributed by atoms with E-state index < -0.39 is 0 Å². The first-order valence-electron chi connectivity index (χ1n) is 8.26. The van der Waals surface area contributed by atoms with Crippen molar-refractivity contribution < 1.29 is 4.79 Å². The number of rotatable bonds is 2. The first-order valence-corrected chi connectivity index (χ1v) is 8.26. The summed E-state index contributed by atoms with van der Waals surface area (Å²) < 4.78 is 2.06. The number of aromatic amines is 1. The average Bonchev–Trinajstić information content (AvgIpc) is 3.01. The van der Waals surface area contributed by atoms with Crippen LogP contribution < -0.4 is 10.9 Å². The second-order valence-corrected chi connectivity index (χ2v) is 6.43. The molecule has 0 saturated heterocycles. The lowest BCUT2D eigenvalue weighted by atomic mass is 9.95. The summed E-state index contributed by atoms with van der Waals surface area (Å²) in [5, 5.41) is 3.01. The lowest BCUT2D eigenvalue weighted by molar-refractivity contribution is 0.0926. The Balaban J connectivity index is 1.52. The molecule has 0 aromatic carbocycles. The van der Waals surface area contributed by atoms with Crippen molar-refractivity contribution in [1.82, 2.24) is 19.9 Å². The highest BCUT2D eigenvalue weighted by Gasteiger charge is 2.23. The Morgan fingerprint density at radius 3 is 3.09 bits per heavy atom. The molecule has 0 spiro atoms. The van der Waals surface area contributed by atoms with Crippen LogP contribution in [0.25, 0.3) is 0 Å². The molecule has 0 bridgehead atoms. The van der Waals surface area contributed by atoms with Crippen LogP contribution in [0, 0.1) is 0 Å². The van der Waals surface area contributed by atoms with Crippen molar-refractivity contribution in [2.24, 2.45) is 0 Å². The smallest absolute Gasteiger partial charge is 0.261 e. The highest BCUT2D eigenvalue weighted by atomic mass is 16.2. The molecule has 1 aliphatic carbocycles. The summed E-state index contributed by atoms with van der Waals surface area (Å²) in [5.41, 5.74) is 2.07. The van der Waals surface area contributed by atoms with E-state index >= 15 is 0 Å². The number of aromatic nitrogens is 3. The van der Waals surface area contributed by atoms with Gasteiger partial charge < -0.3 is 14.9 Å². The van der Waals surface area contributed by atoms with Gasteiger partial charge in [0.1, 0.15) is 11.4 Å². The summed E-state index contributed by atoms with van der Waals surface area (Å²) >= 11 is 0. The summed E-state index contributed by atoms with van der Waals surface area (Å²) in [4.78, 5) is 31.9. The van der Waals surface area contributed by atoms with Gasteiger partial charge in [0.05, 0.1) is 0 Å². The molecule has 0 unspecified atom stereocenters. The molecule has 3 heterocycles. The number of carbonyl (C=O) groups is 1. The van der Waals surface area contributed by atoms with E-state index in [2.05, 4.69) is 19.9 Å². The van der Waals surface area contributed by atoms with Gasteiger partial charge in [0.25, 0.3) is 11.5 Å². The van der Waals surface area contributed by atoms with E-state index in [1.165, 1.54) is 0 Å². The first kappa shape index (κ1) is 14.2. The molecular formula is C17H20N4O2.